The number of carbonyl (C=O) groups is 1. The molecule has 2 aliphatic heterocycles. The van der Waals surface area contributed by atoms with Crippen molar-refractivity contribution < 1.29 is 4.79 Å². The number of nitrogens with one attached hydrogen (secondary N) is 2. The quantitative estimate of drug-likeness (QED) is 0.654. The molecule has 2 bridgehead atoms. The van der Waals surface area contributed by atoms with Crippen LogP contribution in [0.3, 0.4) is 0 Å². The summed E-state index contributed by atoms with van der Waals surface area (Å²) in [4.78, 5) is 22.0. The lowest BCUT2D eigenvalue weighted by atomic mass is 9.98. The molecule has 2 fully saturated rings. The highest BCUT2D eigenvalue weighted by atomic mass is 35.5. The Kier molecular flexibility index (Phi) is 6.73. The van der Waals surface area contributed by atoms with E-state index < -0.39 is 0 Å². The minimum Gasteiger partial charge on any atom is -0.349 e. The van der Waals surface area contributed by atoms with Gasteiger partial charge in [-0.15, -0.1) is 24.8 Å². The van der Waals surface area contributed by atoms with Gasteiger partial charge in [0.15, 0.2) is 0 Å². The first kappa shape index (κ1) is 21.5. The Morgan fingerprint density at radius 1 is 1.00 bits per heavy atom. The van der Waals surface area contributed by atoms with Crippen molar-refractivity contribution in [3.8, 4) is 11.3 Å². The lowest BCUT2D eigenvalue weighted by molar-refractivity contribution is 0.0925. The van der Waals surface area contributed by atoms with E-state index in [0.29, 0.717) is 17.6 Å². The summed E-state index contributed by atoms with van der Waals surface area (Å²) in [5.74, 6) is -0.00444. The molecule has 3 aromatic rings. The molecule has 7 heteroatoms. The van der Waals surface area contributed by atoms with Gasteiger partial charge in [-0.2, -0.15) is 0 Å². The fraction of sp³-hybridized carbons (Fsp3) is 0.318. The molecule has 152 valence electrons. The van der Waals surface area contributed by atoms with Gasteiger partial charge in [0.2, 0.25) is 0 Å². The topological polar surface area (TPSA) is 66.9 Å². The molecule has 1 aromatic carbocycles. The molecule has 2 atom stereocenters. The van der Waals surface area contributed by atoms with Gasteiger partial charge in [0, 0.05) is 41.5 Å². The van der Waals surface area contributed by atoms with Crippen molar-refractivity contribution in [2.45, 2.75) is 43.8 Å². The molecule has 2 saturated heterocycles. The number of aromatic nitrogens is 2. The van der Waals surface area contributed by atoms with E-state index >= 15 is 0 Å². The first-order chi connectivity index (χ1) is 13.3. The van der Waals surface area contributed by atoms with Crippen molar-refractivity contribution in [2.24, 2.45) is 0 Å². The van der Waals surface area contributed by atoms with Crippen LogP contribution >= 0.6 is 24.8 Å². The fourth-order valence-corrected chi connectivity index (χ4v) is 4.47. The Bertz CT molecular complexity index is 987. The third-order valence-electron chi connectivity index (χ3n) is 5.75. The second-order valence-corrected chi connectivity index (χ2v) is 7.59. The van der Waals surface area contributed by atoms with Crippen LogP contribution < -0.4 is 10.6 Å². The van der Waals surface area contributed by atoms with E-state index in [0.717, 1.165) is 35.0 Å². The molecular formula is C22H24Cl2N4O. The minimum absolute atomic E-state index is 0. The summed E-state index contributed by atoms with van der Waals surface area (Å²) < 4.78 is 0. The summed E-state index contributed by atoms with van der Waals surface area (Å²) in [5, 5.41) is 7.81. The zero-order valence-corrected chi connectivity index (χ0v) is 17.5. The molecular weight excluding hydrogens is 407 g/mol. The highest BCUT2D eigenvalue weighted by molar-refractivity contribution is 6.07. The van der Waals surface area contributed by atoms with Crippen molar-refractivity contribution in [2.75, 3.05) is 0 Å². The highest BCUT2D eigenvalue weighted by Crippen LogP contribution is 2.28. The van der Waals surface area contributed by atoms with Crippen LogP contribution in [-0.2, 0) is 0 Å². The highest BCUT2D eigenvalue weighted by Gasteiger charge is 2.34. The second kappa shape index (κ2) is 9.08. The van der Waals surface area contributed by atoms with Gasteiger partial charge < -0.3 is 10.6 Å². The molecule has 2 aromatic heterocycles. The Morgan fingerprint density at radius 3 is 2.41 bits per heavy atom. The fourth-order valence-electron chi connectivity index (χ4n) is 4.47. The number of carbonyl (C=O) groups excluding carboxylic acids is 1. The van der Waals surface area contributed by atoms with E-state index in [1.807, 2.05) is 42.5 Å². The number of hydrogen-bond donors (Lipinski definition) is 2. The normalized spacial score (nSPS) is 22.4. The number of nitrogens with zero attached hydrogens (tertiary/aromatic N) is 2. The van der Waals surface area contributed by atoms with Crippen LogP contribution in [0.5, 0.6) is 0 Å². The van der Waals surface area contributed by atoms with Crippen LogP contribution in [0.2, 0.25) is 0 Å². The van der Waals surface area contributed by atoms with Crippen molar-refractivity contribution in [3.63, 3.8) is 0 Å². The smallest absolute Gasteiger partial charge is 0.252 e. The minimum atomic E-state index is -0.00444. The van der Waals surface area contributed by atoms with E-state index in [4.69, 9.17) is 4.98 Å². The summed E-state index contributed by atoms with van der Waals surface area (Å²) in [6.45, 7) is 0. The van der Waals surface area contributed by atoms with Gasteiger partial charge in [-0.1, -0.05) is 18.2 Å². The zero-order chi connectivity index (χ0) is 18.2. The van der Waals surface area contributed by atoms with Crippen molar-refractivity contribution in [3.05, 3.63) is 60.4 Å². The van der Waals surface area contributed by atoms with E-state index in [2.05, 4.69) is 15.6 Å². The van der Waals surface area contributed by atoms with Crippen LogP contribution in [0.1, 0.15) is 36.0 Å². The third-order valence-corrected chi connectivity index (χ3v) is 5.75. The standard InChI is InChI=1S/C22H22N4O.2ClH/c27-22(25-17-11-15-5-6-16(12-17)24-15)19-13-21(14-7-9-23-10-8-14)26-20-4-2-1-3-18(19)20;;/h1-4,7-10,13,15-17,24H,5-6,11-12H2,(H,25,27);2*1H. The Labute approximate surface area is 182 Å². The summed E-state index contributed by atoms with van der Waals surface area (Å²) in [6, 6.07) is 14.9. The number of rotatable bonds is 3. The molecule has 5 nitrogen and oxygen atoms in total. The molecule has 2 unspecified atom stereocenters. The maximum atomic E-state index is 13.2. The van der Waals surface area contributed by atoms with Crippen LogP contribution in [0.4, 0.5) is 0 Å². The lowest BCUT2D eigenvalue weighted by Gasteiger charge is -2.29. The van der Waals surface area contributed by atoms with Crippen LogP contribution in [0, 0.1) is 0 Å². The third kappa shape index (κ3) is 4.37. The molecule has 1 amide bonds. The molecule has 4 heterocycles. The van der Waals surface area contributed by atoms with Crippen molar-refractivity contribution >= 4 is 41.6 Å². The van der Waals surface area contributed by atoms with Crippen LogP contribution in [-0.4, -0.2) is 34.0 Å². The van der Waals surface area contributed by atoms with Gasteiger partial charge in [0.1, 0.15) is 0 Å². The maximum absolute atomic E-state index is 13.2. The first-order valence-corrected chi connectivity index (χ1v) is 9.63. The zero-order valence-electron chi connectivity index (χ0n) is 15.9. The van der Waals surface area contributed by atoms with E-state index in [-0.39, 0.29) is 36.8 Å². The van der Waals surface area contributed by atoms with Gasteiger partial charge >= 0.3 is 0 Å². The molecule has 5 rings (SSSR count). The maximum Gasteiger partial charge on any atom is 0.252 e. The number of hydrogen-bond acceptors (Lipinski definition) is 4. The number of benzene rings is 1. The van der Waals surface area contributed by atoms with E-state index in [9.17, 15) is 4.79 Å². The van der Waals surface area contributed by atoms with Gasteiger partial charge in [-0.3, -0.25) is 9.78 Å². The van der Waals surface area contributed by atoms with Crippen molar-refractivity contribution in [1.82, 2.24) is 20.6 Å². The summed E-state index contributed by atoms with van der Waals surface area (Å²) in [7, 11) is 0. The average molecular weight is 431 g/mol. The molecule has 2 N–H and O–H groups in total. The number of halogens is 2. The van der Waals surface area contributed by atoms with Gasteiger partial charge in [0.05, 0.1) is 16.8 Å². The summed E-state index contributed by atoms with van der Waals surface area (Å²) in [6.07, 6.45) is 7.97. The Morgan fingerprint density at radius 2 is 1.69 bits per heavy atom. The molecule has 2 aliphatic rings. The number of pyridine rings is 2. The predicted octanol–water partition coefficient (Wildman–Crippen LogP) is 4.15. The monoisotopic (exact) mass is 430 g/mol. The van der Waals surface area contributed by atoms with Crippen LogP contribution in [0.25, 0.3) is 22.2 Å². The molecule has 0 radical (unpaired) electrons. The summed E-state index contributed by atoms with van der Waals surface area (Å²) >= 11 is 0. The SMILES string of the molecule is Cl.Cl.O=C(NC1CC2CCC(C1)N2)c1cc(-c2ccncc2)nc2ccccc12. The molecule has 0 aliphatic carbocycles. The van der Waals surface area contributed by atoms with Gasteiger partial charge in [-0.05, 0) is 49.9 Å². The lowest BCUT2D eigenvalue weighted by Crippen LogP contribution is -2.48. The number of amides is 1. The van der Waals surface area contributed by atoms with E-state index in [1.165, 1.54) is 12.8 Å². The number of para-hydroxylation sites is 1. The van der Waals surface area contributed by atoms with Gasteiger partial charge in [-0.25, -0.2) is 4.98 Å². The molecule has 0 saturated carbocycles. The Balaban J connectivity index is 0.00000120. The van der Waals surface area contributed by atoms with E-state index in [1.54, 1.807) is 12.4 Å². The first-order valence-electron chi connectivity index (χ1n) is 9.63. The number of piperidine rings is 1. The van der Waals surface area contributed by atoms with Crippen molar-refractivity contribution in [1.29, 1.82) is 0 Å². The molecule has 0 spiro atoms. The van der Waals surface area contributed by atoms with Crippen LogP contribution in [0.15, 0.2) is 54.9 Å². The largest absolute Gasteiger partial charge is 0.349 e. The molecule has 29 heavy (non-hydrogen) atoms. The predicted molar refractivity (Wildman–Crippen MR) is 120 cm³/mol. The van der Waals surface area contributed by atoms with Gasteiger partial charge in [0.25, 0.3) is 5.91 Å². The summed E-state index contributed by atoms with van der Waals surface area (Å²) in [5.41, 5.74) is 3.29. The number of fused-ring (bicyclic) bond motifs is 3. The Hall–Kier alpha value is -2.21. The second-order valence-electron chi connectivity index (χ2n) is 7.59. The average Bonchev–Trinajstić information content (AvgIpc) is 3.06.